The van der Waals surface area contributed by atoms with Crippen molar-refractivity contribution in [2.45, 2.75) is 63.1 Å². The first-order chi connectivity index (χ1) is 7.00. The van der Waals surface area contributed by atoms with E-state index in [9.17, 15) is 5.11 Å². The minimum Gasteiger partial charge on any atom is -0.389 e. The molecule has 86 valence electrons. The molecule has 2 rings (SSSR count). The Kier molecular flexibility index (Phi) is 2.91. The standard InChI is InChI=1S/C13H23NO/c1-10(2)7-13(15)8-11-5-4-6-12(9-13)14(11)3/h11-12,15H,1,4-9H2,2-3H3. The fourth-order valence-electron chi connectivity index (χ4n) is 3.45. The minimum absolute atomic E-state index is 0.464. The zero-order chi connectivity index (χ0) is 11.1. The number of hydrogen-bond donors (Lipinski definition) is 1. The monoisotopic (exact) mass is 209 g/mol. The highest BCUT2D eigenvalue weighted by molar-refractivity contribution is 5.05. The zero-order valence-corrected chi connectivity index (χ0v) is 10.00. The first-order valence-corrected chi connectivity index (χ1v) is 6.09. The second kappa shape index (κ2) is 3.91. The Labute approximate surface area is 93.0 Å². The lowest BCUT2D eigenvalue weighted by atomic mass is 9.73. The van der Waals surface area contributed by atoms with E-state index in [0.717, 1.165) is 24.8 Å². The van der Waals surface area contributed by atoms with Crippen LogP contribution in [0.2, 0.25) is 0 Å². The Morgan fingerprint density at radius 3 is 2.40 bits per heavy atom. The lowest BCUT2D eigenvalue weighted by Crippen LogP contribution is -2.56. The van der Waals surface area contributed by atoms with E-state index in [1.807, 2.05) is 6.92 Å². The molecule has 2 atom stereocenters. The predicted octanol–water partition coefficient (Wildman–Crippen LogP) is 2.33. The molecule has 2 aliphatic heterocycles. The van der Waals surface area contributed by atoms with Gasteiger partial charge in [-0.2, -0.15) is 0 Å². The van der Waals surface area contributed by atoms with Gasteiger partial charge in [0.25, 0.3) is 0 Å². The van der Waals surface area contributed by atoms with Crippen LogP contribution in [0.15, 0.2) is 12.2 Å². The van der Waals surface area contributed by atoms with Gasteiger partial charge in [-0.15, -0.1) is 6.58 Å². The molecule has 0 aliphatic carbocycles. The molecule has 0 aromatic heterocycles. The highest BCUT2D eigenvalue weighted by Gasteiger charge is 2.43. The first-order valence-electron chi connectivity index (χ1n) is 6.09. The van der Waals surface area contributed by atoms with Crippen LogP contribution in [-0.4, -0.2) is 34.7 Å². The van der Waals surface area contributed by atoms with Gasteiger partial charge in [-0.25, -0.2) is 0 Å². The van der Waals surface area contributed by atoms with Crippen LogP contribution in [0, 0.1) is 0 Å². The summed E-state index contributed by atoms with van der Waals surface area (Å²) in [5.74, 6) is 0. The summed E-state index contributed by atoms with van der Waals surface area (Å²) in [6, 6.07) is 1.20. The Morgan fingerprint density at radius 2 is 1.93 bits per heavy atom. The number of hydrogen-bond acceptors (Lipinski definition) is 2. The molecule has 0 saturated carbocycles. The van der Waals surface area contributed by atoms with E-state index in [0.29, 0.717) is 12.1 Å². The second-order valence-electron chi connectivity index (χ2n) is 5.67. The smallest absolute Gasteiger partial charge is 0.0714 e. The average molecular weight is 209 g/mol. The zero-order valence-electron chi connectivity index (χ0n) is 10.00. The maximum atomic E-state index is 10.6. The molecule has 2 fully saturated rings. The Balaban J connectivity index is 2.09. The number of nitrogens with zero attached hydrogens (tertiary/aromatic N) is 1. The van der Waals surface area contributed by atoms with E-state index in [1.54, 1.807) is 0 Å². The SMILES string of the molecule is C=C(C)CC1(O)CC2CCCC(C1)N2C. The van der Waals surface area contributed by atoms with Gasteiger partial charge >= 0.3 is 0 Å². The van der Waals surface area contributed by atoms with Gasteiger partial charge in [-0.1, -0.05) is 12.0 Å². The van der Waals surface area contributed by atoms with Crippen LogP contribution in [0.4, 0.5) is 0 Å². The van der Waals surface area contributed by atoms with Crippen molar-refractivity contribution in [1.82, 2.24) is 4.90 Å². The van der Waals surface area contributed by atoms with Gasteiger partial charge in [-0.05, 0) is 46.1 Å². The third kappa shape index (κ3) is 2.26. The van der Waals surface area contributed by atoms with Crippen LogP contribution in [-0.2, 0) is 0 Å². The van der Waals surface area contributed by atoms with Gasteiger partial charge in [0.15, 0.2) is 0 Å². The molecule has 2 aliphatic rings. The molecular weight excluding hydrogens is 186 g/mol. The van der Waals surface area contributed by atoms with Crippen molar-refractivity contribution in [3.05, 3.63) is 12.2 Å². The summed E-state index contributed by atoms with van der Waals surface area (Å²) in [7, 11) is 2.22. The highest BCUT2D eigenvalue weighted by atomic mass is 16.3. The highest BCUT2D eigenvalue weighted by Crippen LogP contribution is 2.40. The normalized spacial score (nSPS) is 41.5. The van der Waals surface area contributed by atoms with Crippen molar-refractivity contribution in [3.63, 3.8) is 0 Å². The summed E-state index contributed by atoms with van der Waals surface area (Å²) in [6.07, 6.45) is 6.51. The molecule has 2 nitrogen and oxygen atoms in total. The molecule has 2 heterocycles. The van der Waals surface area contributed by atoms with Crippen molar-refractivity contribution in [3.8, 4) is 0 Å². The van der Waals surface area contributed by atoms with E-state index in [1.165, 1.54) is 19.3 Å². The molecule has 2 saturated heterocycles. The van der Waals surface area contributed by atoms with E-state index in [-0.39, 0.29) is 0 Å². The summed E-state index contributed by atoms with van der Waals surface area (Å²) < 4.78 is 0. The van der Waals surface area contributed by atoms with E-state index < -0.39 is 5.60 Å². The molecule has 0 radical (unpaired) electrons. The third-order valence-corrected chi connectivity index (χ3v) is 4.09. The number of piperidine rings is 2. The van der Waals surface area contributed by atoms with E-state index in [4.69, 9.17) is 0 Å². The van der Waals surface area contributed by atoms with Gasteiger partial charge < -0.3 is 10.0 Å². The second-order valence-corrected chi connectivity index (χ2v) is 5.67. The van der Waals surface area contributed by atoms with Gasteiger partial charge in [0, 0.05) is 12.1 Å². The molecule has 0 spiro atoms. The van der Waals surface area contributed by atoms with Crippen molar-refractivity contribution in [2.75, 3.05) is 7.05 Å². The molecular formula is C13H23NO. The topological polar surface area (TPSA) is 23.5 Å². The lowest BCUT2D eigenvalue weighted by Gasteiger charge is -2.50. The minimum atomic E-state index is -0.464. The van der Waals surface area contributed by atoms with Crippen molar-refractivity contribution >= 4 is 0 Å². The Hall–Kier alpha value is -0.340. The molecule has 2 unspecified atom stereocenters. The van der Waals surface area contributed by atoms with Crippen molar-refractivity contribution < 1.29 is 5.11 Å². The van der Waals surface area contributed by atoms with Crippen LogP contribution in [0.1, 0.15) is 45.4 Å². The molecule has 2 bridgehead atoms. The summed E-state index contributed by atoms with van der Waals surface area (Å²) >= 11 is 0. The number of rotatable bonds is 2. The molecule has 0 aromatic rings. The van der Waals surface area contributed by atoms with Crippen LogP contribution < -0.4 is 0 Å². The van der Waals surface area contributed by atoms with Crippen molar-refractivity contribution in [1.29, 1.82) is 0 Å². The number of aliphatic hydroxyl groups is 1. The van der Waals surface area contributed by atoms with Gasteiger partial charge in [0.2, 0.25) is 0 Å². The largest absolute Gasteiger partial charge is 0.389 e. The molecule has 2 heteroatoms. The lowest BCUT2D eigenvalue weighted by molar-refractivity contribution is -0.0818. The summed E-state index contributed by atoms with van der Waals surface area (Å²) in [6.45, 7) is 5.95. The van der Waals surface area contributed by atoms with Crippen LogP contribution in [0.3, 0.4) is 0 Å². The maximum absolute atomic E-state index is 10.6. The first kappa shape index (κ1) is 11.2. The van der Waals surface area contributed by atoms with Gasteiger partial charge in [0.05, 0.1) is 5.60 Å². The maximum Gasteiger partial charge on any atom is 0.0714 e. The molecule has 0 amide bonds. The summed E-state index contributed by atoms with van der Waals surface area (Å²) in [5, 5.41) is 10.6. The molecule has 0 aromatic carbocycles. The third-order valence-electron chi connectivity index (χ3n) is 4.09. The van der Waals surface area contributed by atoms with Gasteiger partial charge in [-0.3, -0.25) is 0 Å². The van der Waals surface area contributed by atoms with Crippen LogP contribution in [0.25, 0.3) is 0 Å². The predicted molar refractivity (Wildman–Crippen MR) is 62.8 cm³/mol. The summed E-state index contributed by atoms with van der Waals surface area (Å²) in [5.41, 5.74) is 0.647. The van der Waals surface area contributed by atoms with Crippen LogP contribution in [0.5, 0.6) is 0 Å². The van der Waals surface area contributed by atoms with Crippen molar-refractivity contribution in [2.24, 2.45) is 0 Å². The molecule has 15 heavy (non-hydrogen) atoms. The quantitative estimate of drug-likeness (QED) is 0.706. The summed E-state index contributed by atoms with van der Waals surface area (Å²) in [4.78, 5) is 2.48. The van der Waals surface area contributed by atoms with Crippen LogP contribution >= 0.6 is 0 Å². The van der Waals surface area contributed by atoms with E-state index >= 15 is 0 Å². The fourth-order valence-corrected chi connectivity index (χ4v) is 3.45. The number of fused-ring (bicyclic) bond motifs is 2. The Bertz CT molecular complexity index is 247. The average Bonchev–Trinajstić information content (AvgIpc) is 2.06. The van der Waals surface area contributed by atoms with E-state index in [2.05, 4.69) is 18.5 Å². The Morgan fingerprint density at radius 1 is 1.40 bits per heavy atom. The molecule has 1 N–H and O–H groups in total. The van der Waals surface area contributed by atoms with Gasteiger partial charge in [0.1, 0.15) is 0 Å². The fraction of sp³-hybridized carbons (Fsp3) is 0.846.